The highest BCUT2D eigenvalue weighted by molar-refractivity contribution is 5.92. The number of carbonyl (C=O) groups is 1. The van der Waals surface area contributed by atoms with E-state index < -0.39 is 0 Å². The zero-order chi connectivity index (χ0) is 17.9. The molecule has 136 valence electrons. The third kappa shape index (κ3) is 3.55. The molecule has 2 saturated heterocycles. The van der Waals surface area contributed by atoms with Crippen LogP contribution in [0.15, 0.2) is 41.3 Å². The van der Waals surface area contributed by atoms with Gasteiger partial charge in [-0.3, -0.25) is 19.5 Å². The number of amides is 1. The number of likely N-dealkylation sites (tertiary alicyclic amines) is 2. The molecular formula is C20H24N4O2. The third-order valence-electron chi connectivity index (χ3n) is 5.31. The lowest BCUT2D eigenvalue weighted by Gasteiger charge is -2.24. The molecule has 4 heterocycles. The molecule has 1 amide bonds. The maximum absolute atomic E-state index is 12.8. The van der Waals surface area contributed by atoms with Crippen molar-refractivity contribution in [3.63, 3.8) is 0 Å². The van der Waals surface area contributed by atoms with Gasteiger partial charge < -0.3 is 9.88 Å². The summed E-state index contributed by atoms with van der Waals surface area (Å²) in [6, 6.07) is 8.85. The monoisotopic (exact) mass is 352 g/mol. The van der Waals surface area contributed by atoms with E-state index in [1.165, 1.54) is 37.6 Å². The van der Waals surface area contributed by atoms with Crippen LogP contribution in [0.3, 0.4) is 0 Å². The summed E-state index contributed by atoms with van der Waals surface area (Å²) in [5, 5.41) is 0. The molecule has 0 aromatic carbocycles. The van der Waals surface area contributed by atoms with E-state index in [-0.39, 0.29) is 17.5 Å². The molecule has 2 aromatic heterocycles. The Bertz CT molecular complexity index is 824. The van der Waals surface area contributed by atoms with Crippen LogP contribution in [0.25, 0.3) is 0 Å². The number of pyridine rings is 2. The lowest BCUT2D eigenvalue weighted by atomic mass is 10.1. The maximum Gasteiger partial charge on any atom is 0.270 e. The second kappa shape index (κ2) is 7.41. The van der Waals surface area contributed by atoms with Gasteiger partial charge in [0, 0.05) is 25.4 Å². The van der Waals surface area contributed by atoms with Crippen LogP contribution in [0.4, 0.5) is 0 Å². The van der Waals surface area contributed by atoms with Crippen molar-refractivity contribution in [3.05, 3.63) is 63.8 Å². The Balaban J connectivity index is 1.49. The van der Waals surface area contributed by atoms with Gasteiger partial charge in [-0.2, -0.15) is 0 Å². The van der Waals surface area contributed by atoms with Gasteiger partial charge in [-0.15, -0.1) is 0 Å². The first kappa shape index (κ1) is 17.0. The summed E-state index contributed by atoms with van der Waals surface area (Å²) in [5.41, 5.74) is 2.24. The van der Waals surface area contributed by atoms with Crippen molar-refractivity contribution < 1.29 is 4.79 Å². The number of aromatic nitrogens is 2. The Hall–Kier alpha value is -2.47. The molecule has 6 nitrogen and oxygen atoms in total. The molecule has 0 radical (unpaired) electrons. The normalized spacial score (nSPS) is 20.6. The Morgan fingerprint density at radius 3 is 2.69 bits per heavy atom. The van der Waals surface area contributed by atoms with Crippen LogP contribution < -0.4 is 5.56 Å². The first-order chi connectivity index (χ1) is 12.7. The summed E-state index contributed by atoms with van der Waals surface area (Å²) in [6.07, 6.45) is 6.36. The van der Waals surface area contributed by atoms with Crippen LogP contribution in [-0.4, -0.2) is 45.3 Å². The van der Waals surface area contributed by atoms with Crippen molar-refractivity contribution in [1.82, 2.24) is 19.8 Å². The van der Waals surface area contributed by atoms with E-state index in [1.807, 2.05) is 11.1 Å². The van der Waals surface area contributed by atoms with Crippen molar-refractivity contribution >= 4 is 5.91 Å². The van der Waals surface area contributed by atoms with Gasteiger partial charge in [-0.25, -0.2) is 0 Å². The van der Waals surface area contributed by atoms with Gasteiger partial charge in [-0.1, -0.05) is 12.1 Å². The number of H-pyrrole nitrogens is 1. The molecule has 6 heteroatoms. The highest BCUT2D eigenvalue weighted by Gasteiger charge is 2.31. The lowest BCUT2D eigenvalue weighted by Crippen LogP contribution is -2.32. The summed E-state index contributed by atoms with van der Waals surface area (Å²) in [5.74, 6) is -0.131. The second-order valence-electron chi connectivity index (χ2n) is 7.16. The Kier molecular flexibility index (Phi) is 4.84. The Morgan fingerprint density at radius 2 is 1.96 bits per heavy atom. The molecular weight excluding hydrogens is 328 g/mol. The van der Waals surface area contributed by atoms with Crippen LogP contribution in [-0.2, 0) is 6.54 Å². The van der Waals surface area contributed by atoms with Crippen molar-refractivity contribution in [2.24, 2.45) is 0 Å². The van der Waals surface area contributed by atoms with E-state index in [0.29, 0.717) is 12.2 Å². The predicted octanol–water partition coefficient (Wildman–Crippen LogP) is 2.34. The molecule has 0 spiro atoms. The summed E-state index contributed by atoms with van der Waals surface area (Å²) in [4.78, 5) is 35.9. The van der Waals surface area contributed by atoms with E-state index in [4.69, 9.17) is 0 Å². The van der Waals surface area contributed by atoms with Crippen molar-refractivity contribution in [3.8, 4) is 0 Å². The predicted molar refractivity (Wildman–Crippen MR) is 98.8 cm³/mol. The van der Waals surface area contributed by atoms with Crippen LogP contribution in [0.5, 0.6) is 0 Å². The van der Waals surface area contributed by atoms with Gasteiger partial charge in [0.05, 0.1) is 11.7 Å². The van der Waals surface area contributed by atoms with Crippen molar-refractivity contribution in [1.29, 1.82) is 0 Å². The number of aromatic amines is 1. The average Bonchev–Trinajstić information content (AvgIpc) is 3.33. The summed E-state index contributed by atoms with van der Waals surface area (Å²) in [7, 11) is 0. The number of hydrogen-bond acceptors (Lipinski definition) is 4. The maximum atomic E-state index is 12.8. The van der Waals surface area contributed by atoms with Crippen molar-refractivity contribution in [2.45, 2.75) is 38.3 Å². The largest absolute Gasteiger partial charge is 0.329 e. The fraction of sp³-hybridized carbons (Fsp3) is 0.450. The minimum Gasteiger partial charge on any atom is -0.329 e. The van der Waals surface area contributed by atoms with Gasteiger partial charge in [-0.05, 0) is 56.5 Å². The standard InChI is InChI=1S/C20H24N4O2/c25-19-7-3-5-17(22-19)20(26)24-12-4-6-18(24)16-9-8-15(13-21-16)14-23-10-1-2-11-23/h3,5,7-9,13,18H,1-2,4,6,10-12,14H2,(H,22,25). The van der Waals surface area contributed by atoms with Gasteiger partial charge in [0.1, 0.15) is 5.69 Å². The van der Waals surface area contributed by atoms with Crippen LogP contribution in [0.2, 0.25) is 0 Å². The van der Waals surface area contributed by atoms with Gasteiger partial charge >= 0.3 is 0 Å². The molecule has 1 unspecified atom stereocenters. The van der Waals surface area contributed by atoms with Crippen LogP contribution in [0, 0.1) is 0 Å². The zero-order valence-electron chi connectivity index (χ0n) is 14.9. The third-order valence-corrected chi connectivity index (χ3v) is 5.31. The Labute approximate surface area is 152 Å². The molecule has 0 bridgehead atoms. The number of nitrogens with one attached hydrogen (secondary N) is 1. The topological polar surface area (TPSA) is 69.3 Å². The van der Waals surface area contributed by atoms with Crippen molar-refractivity contribution in [2.75, 3.05) is 19.6 Å². The molecule has 0 saturated carbocycles. The first-order valence-corrected chi connectivity index (χ1v) is 9.38. The van der Waals surface area contributed by atoms with Gasteiger partial charge in [0.2, 0.25) is 5.56 Å². The molecule has 1 atom stereocenters. The molecule has 2 aliphatic heterocycles. The first-order valence-electron chi connectivity index (χ1n) is 9.38. The van der Waals surface area contributed by atoms with E-state index >= 15 is 0 Å². The van der Waals surface area contributed by atoms with Crippen LogP contribution in [0.1, 0.15) is 53.5 Å². The van der Waals surface area contributed by atoms with E-state index in [0.717, 1.165) is 25.1 Å². The second-order valence-corrected chi connectivity index (χ2v) is 7.16. The molecule has 1 N–H and O–H groups in total. The van der Waals surface area contributed by atoms with Gasteiger partial charge in [0.15, 0.2) is 0 Å². The van der Waals surface area contributed by atoms with Gasteiger partial charge in [0.25, 0.3) is 5.91 Å². The molecule has 26 heavy (non-hydrogen) atoms. The molecule has 2 fully saturated rings. The van der Waals surface area contributed by atoms with E-state index in [1.54, 1.807) is 12.1 Å². The summed E-state index contributed by atoms with van der Waals surface area (Å²) in [6.45, 7) is 3.98. The SMILES string of the molecule is O=C(c1cccc(=O)[nH]1)N1CCCC1c1ccc(CN2CCCC2)cn1. The summed E-state index contributed by atoms with van der Waals surface area (Å²) < 4.78 is 0. The number of hydrogen-bond donors (Lipinski definition) is 1. The molecule has 2 aliphatic rings. The highest BCUT2D eigenvalue weighted by atomic mass is 16.2. The minimum atomic E-state index is -0.254. The molecule has 4 rings (SSSR count). The molecule has 0 aliphatic carbocycles. The minimum absolute atomic E-state index is 0.0213. The zero-order valence-corrected chi connectivity index (χ0v) is 14.9. The number of rotatable bonds is 4. The highest BCUT2D eigenvalue weighted by Crippen LogP contribution is 2.31. The lowest BCUT2D eigenvalue weighted by molar-refractivity contribution is 0.0726. The number of carbonyl (C=O) groups excluding carboxylic acids is 1. The summed E-state index contributed by atoms with van der Waals surface area (Å²) >= 11 is 0. The number of nitrogens with zero attached hydrogens (tertiary/aromatic N) is 3. The average molecular weight is 352 g/mol. The van der Waals surface area contributed by atoms with E-state index in [9.17, 15) is 9.59 Å². The van der Waals surface area contributed by atoms with E-state index in [2.05, 4.69) is 27.0 Å². The molecule has 2 aromatic rings. The quantitative estimate of drug-likeness (QED) is 0.917. The fourth-order valence-electron chi connectivity index (χ4n) is 3.97. The Morgan fingerprint density at radius 1 is 1.12 bits per heavy atom. The fourth-order valence-corrected chi connectivity index (χ4v) is 3.97. The smallest absolute Gasteiger partial charge is 0.270 e. The van der Waals surface area contributed by atoms with Crippen LogP contribution >= 0.6 is 0 Å².